The Labute approximate surface area is 131 Å². The number of ketones is 1. The number of Topliss-reactive ketones (excluding diaryl/α,β-unsaturated/α-hetero) is 1. The van der Waals surface area contributed by atoms with Gasteiger partial charge in [-0.15, -0.1) is 0 Å². The van der Waals surface area contributed by atoms with Crippen LogP contribution in [0.3, 0.4) is 0 Å². The lowest BCUT2D eigenvalue weighted by Crippen LogP contribution is -1.97. The van der Waals surface area contributed by atoms with Gasteiger partial charge in [-0.2, -0.15) is 0 Å². The van der Waals surface area contributed by atoms with Gasteiger partial charge in [-0.1, -0.05) is 15.9 Å². The van der Waals surface area contributed by atoms with Crippen molar-refractivity contribution in [2.24, 2.45) is 0 Å². The van der Waals surface area contributed by atoms with Crippen LogP contribution in [0.15, 0.2) is 40.9 Å². The SMILES string of the molecule is COc1cc(OC)cc(Oc2cc(Br)ccc2C(C)=O)c1. The van der Waals surface area contributed by atoms with Gasteiger partial charge < -0.3 is 14.2 Å². The number of halogens is 1. The van der Waals surface area contributed by atoms with E-state index in [4.69, 9.17) is 14.2 Å². The van der Waals surface area contributed by atoms with E-state index in [1.54, 1.807) is 50.6 Å². The van der Waals surface area contributed by atoms with E-state index in [1.807, 2.05) is 0 Å². The van der Waals surface area contributed by atoms with Gasteiger partial charge in [0.2, 0.25) is 0 Å². The molecule has 0 atom stereocenters. The summed E-state index contributed by atoms with van der Waals surface area (Å²) in [7, 11) is 3.14. The molecule has 2 aromatic carbocycles. The summed E-state index contributed by atoms with van der Waals surface area (Å²) in [5.41, 5.74) is 0.514. The van der Waals surface area contributed by atoms with Crippen molar-refractivity contribution in [2.45, 2.75) is 6.92 Å². The largest absolute Gasteiger partial charge is 0.496 e. The maximum atomic E-state index is 11.7. The van der Waals surface area contributed by atoms with Crippen molar-refractivity contribution < 1.29 is 19.0 Å². The molecule has 0 aliphatic heterocycles. The Balaban J connectivity index is 2.42. The third-order valence-electron chi connectivity index (χ3n) is 2.88. The molecule has 5 heteroatoms. The van der Waals surface area contributed by atoms with Gasteiger partial charge in [0, 0.05) is 22.7 Å². The van der Waals surface area contributed by atoms with Crippen LogP contribution in [-0.2, 0) is 0 Å². The van der Waals surface area contributed by atoms with Crippen molar-refractivity contribution in [1.82, 2.24) is 0 Å². The monoisotopic (exact) mass is 350 g/mol. The molecule has 0 unspecified atom stereocenters. The van der Waals surface area contributed by atoms with Crippen LogP contribution < -0.4 is 14.2 Å². The highest BCUT2D eigenvalue weighted by Gasteiger charge is 2.11. The quantitative estimate of drug-likeness (QED) is 0.746. The maximum Gasteiger partial charge on any atom is 0.163 e. The van der Waals surface area contributed by atoms with Gasteiger partial charge in [0.15, 0.2) is 5.78 Å². The molecule has 0 spiro atoms. The zero-order chi connectivity index (χ0) is 15.4. The predicted molar refractivity (Wildman–Crippen MR) is 83.8 cm³/mol. The number of rotatable bonds is 5. The molecule has 0 fully saturated rings. The van der Waals surface area contributed by atoms with Gasteiger partial charge in [0.05, 0.1) is 19.8 Å². The first-order valence-corrected chi connectivity index (χ1v) is 7.04. The van der Waals surface area contributed by atoms with Crippen LogP contribution >= 0.6 is 15.9 Å². The minimum atomic E-state index is -0.0626. The number of methoxy groups -OCH3 is 2. The Bertz CT molecular complexity index is 645. The second kappa shape index (κ2) is 6.63. The van der Waals surface area contributed by atoms with Crippen LogP contribution in [0.5, 0.6) is 23.0 Å². The third kappa shape index (κ3) is 3.76. The van der Waals surface area contributed by atoms with Gasteiger partial charge in [-0.25, -0.2) is 0 Å². The first kappa shape index (κ1) is 15.4. The van der Waals surface area contributed by atoms with Crippen LogP contribution in [0.25, 0.3) is 0 Å². The van der Waals surface area contributed by atoms with Crippen molar-refractivity contribution in [2.75, 3.05) is 14.2 Å². The average molecular weight is 351 g/mol. The van der Waals surface area contributed by atoms with Crippen molar-refractivity contribution in [3.05, 3.63) is 46.4 Å². The fourth-order valence-electron chi connectivity index (χ4n) is 1.84. The maximum absolute atomic E-state index is 11.7. The standard InChI is InChI=1S/C16H15BrO4/c1-10(18)15-5-4-11(17)6-16(15)21-14-8-12(19-2)7-13(9-14)20-3/h4-9H,1-3H3. The van der Waals surface area contributed by atoms with Crippen LogP contribution in [0.1, 0.15) is 17.3 Å². The molecule has 0 N–H and O–H groups in total. The zero-order valence-corrected chi connectivity index (χ0v) is 13.6. The van der Waals surface area contributed by atoms with E-state index < -0.39 is 0 Å². The summed E-state index contributed by atoms with van der Waals surface area (Å²) < 4.78 is 17.1. The highest BCUT2D eigenvalue weighted by Crippen LogP contribution is 2.33. The Hall–Kier alpha value is -2.01. The predicted octanol–water partition coefficient (Wildman–Crippen LogP) is 4.46. The summed E-state index contributed by atoms with van der Waals surface area (Å²) in [6.45, 7) is 1.50. The lowest BCUT2D eigenvalue weighted by molar-refractivity contribution is 0.101. The van der Waals surface area contributed by atoms with Crippen LogP contribution in [0.4, 0.5) is 0 Å². The Morgan fingerprint density at radius 1 is 0.952 bits per heavy atom. The molecule has 0 aromatic heterocycles. The average Bonchev–Trinajstić information content (AvgIpc) is 2.46. The molecule has 0 radical (unpaired) electrons. The molecular weight excluding hydrogens is 336 g/mol. The van der Waals surface area contributed by atoms with E-state index >= 15 is 0 Å². The normalized spacial score (nSPS) is 10.1. The Kier molecular flexibility index (Phi) is 4.85. The van der Waals surface area contributed by atoms with Crippen molar-refractivity contribution >= 4 is 21.7 Å². The number of hydrogen-bond acceptors (Lipinski definition) is 4. The summed E-state index contributed by atoms with van der Waals surface area (Å²) >= 11 is 3.37. The summed E-state index contributed by atoms with van der Waals surface area (Å²) in [6.07, 6.45) is 0. The second-order valence-corrected chi connectivity index (χ2v) is 5.26. The van der Waals surface area contributed by atoms with E-state index in [0.29, 0.717) is 28.6 Å². The molecule has 110 valence electrons. The summed E-state index contributed by atoms with van der Waals surface area (Å²) in [4.78, 5) is 11.7. The fraction of sp³-hybridized carbons (Fsp3) is 0.188. The minimum absolute atomic E-state index is 0.0626. The van der Waals surface area contributed by atoms with E-state index in [-0.39, 0.29) is 5.78 Å². The lowest BCUT2D eigenvalue weighted by atomic mass is 10.1. The number of hydrogen-bond donors (Lipinski definition) is 0. The molecule has 21 heavy (non-hydrogen) atoms. The van der Waals surface area contributed by atoms with Gasteiger partial charge in [-0.05, 0) is 25.1 Å². The summed E-state index contributed by atoms with van der Waals surface area (Å²) in [6, 6.07) is 10.5. The topological polar surface area (TPSA) is 44.8 Å². The van der Waals surface area contributed by atoms with Crippen LogP contribution in [0.2, 0.25) is 0 Å². The van der Waals surface area contributed by atoms with Crippen LogP contribution in [0, 0.1) is 0 Å². The molecule has 0 saturated heterocycles. The van der Waals surface area contributed by atoms with Crippen molar-refractivity contribution in [3.8, 4) is 23.0 Å². The molecule has 0 amide bonds. The van der Waals surface area contributed by atoms with Gasteiger partial charge >= 0.3 is 0 Å². The number of carbonyl (C=O) groups is 1. The Morgan fingerprint density at radius 2 is 1.52 bits per heavy atom. The number of carbonyl (C=O) groups excluding carboxylic acids is 1. The highest BCUT2D eigenvalue weighted by molar-refractivity contribution is 9.10. The van der Waals surface area contributed by atoms with Crippen LogP contribution in [-0.4, -0.2) is 20.0 Å². The highest BCUT2D eigenvalue weighted by atomic mass is 79.9. The second-order valence-electron chi connectivity index (χ2n) is 4.35. The van der Waals surface area contributed by atoms with Gasteiger partial charge in [0.1, 0.15) is 23.0 Å². The minimum Gasteiger partial charge on any atom is -0.496 e. The summed E-state index contributed by atoms with van der Waals surface area (Å²) in [5.74, 6) is 2.18. The fourth-order valence-corrected chi connectivity index (χ4v) is 2.18. The molecule has 0 aliphatic rings. The van der Waals surface area contributed by atoms with Gasteiger partial charge in [0.25, 0.3) is 0 Å². The van der Waals surface area contributed by atoms with Gasteiger partial charge in [-0.3, -0.25) is 4.79 Å². The molecule has 0 heterocycles. The zero-order valence-electron chi connectivity index (χ0n) is 12.0. The first-order chi connectivity index (χ1) is 10.0. The molecule has 0 aliphatic carbocycles. The first-order valence-electron chi connectivity index (χ1n) is 6.25. The van der Waals surface area contributed by atoms with E-state index in [9.17, 15) is 4.79 Å². The summed E-state index contributed by atoms with van der Waals surface area (Å²) in [5, 5.41) is 0. The number of benzene rings is 2. The number of ether oxygens (including phenoxy) is 3. The third-order valence-corrected chi connectivity index (χ3v) is 3.37. The molecule has 2 rings (SSSR count). The molecule has 0 bridgehead atoms. The smallest absolute Gasteiger partial charge is 0.163 e. The Morgan fingerprint density at radius 3 is 2.05 bits per heavy atom. The molecular formula is C16H15BrO4. The molecule has 0 saturated carbocycles. The van der Waals surface area contributed by atoms with E-state index in [0.717, 1.165) is 4.47 Å². The van der Waals surface area contributed by atoms with Crippen molar-refractivity contribution in [3.63, 3.8) is 0 Å². The van der Waals surface area contributed by atoms with E-state index in [2.05, 4.69) is 15.9 Å². The lowest BCUT2D eigenvalue weighted by Gasteiger charge is -2.12. The molecule has 4 nitrogen and oxygen atoms in total. The van der Waals surface area contributed by atoms with E-state index in [1.165, 1.54) is 6.92 Å². The van der Waals surface area contributed by atoms with Crippen molar-refractivity contribution in [1.29, 1.82) is 0 Å². The molecule has 2 aromatic rings.